The Morgan fingerprint density at radius 1 is 1.00 bits per heavy atom. The highest BCUT2D eigenvalue weighted by Crippen LogP contribution is 2.31. The van der Waals surface area contributed by atoms with Crippen LogP contribution in [0.1, 0.15) is 6.04 Å². The van der Waals surface area contributed by atoms with Crippen molar-refractivity contribution in [3.8, 4) is 11.3 Å². The molecular weight excluding hydrogens is 429 g/mol. The molecule has 2 aromatic carbocycles. The van der Waals surface area contributed by atoms with Gasteiger partial charge in [-0.05, 0) is 24.3 Å². The SMILES string of the molecule is OCC1O[C@@H](CNc2ccc(F)c(F)c2)C(O)[C@@H](n2cc(-c3cccc(F)c3)nn2)[C@H]1O. The minimum atomic E-state index is -1.32. The molecule has 0 amide bonds. The lowest BCUT2D eigenvalue weighted by Gasteiger charge is -2.42. The van der Waals surface area contributed by atoms with Crippen LogP contribution in [-0.4, -0.2) is 67.9 Å². The molecule has 5 atom stereocenters. The lowest BCUT2D eigenvalue weighted by Crippen LogP contribution is -2.57. The van der Waals surface area contributed by atoms with Crippen LogP contribution < -0.4 is 5.32 Å². The molecule has 2 unspecified atom stereocenters. The van der Waals surface area contributed by atoms with Gasteiger partial charge in [-0.3, -0.25) is 0 Å². The molecule has 4 N–H and O–H groups in total. The van der Waals surface area contributed by atoms with Gasteiger partial charge in [0, 0.05) is 23.9 Å². The molecule has 3 aromatic rings. The number of halogens is 3. The van der Waals surface area contributed by atoms with Gasteiger partial charge < -0.3 is 25.4 Å². The minimum Gasteiger partial charge on any atom is -0.394 e. The second-order valence-corrected chi connectivity index (χ2v) is 7.47. The van der Waals surface area contributed by atoms with E-state index in [1.807, 2.05) is 0 Å². The third-order valence-electron chi connectivity index (χ3n) is 5.35. The summed E-state index contributed by atoms with van der Waals surface area (Å²) in [6, 6.07) is 7.93. The van der Waals surface area contributed by atoms with E-state index in [9.17, 15) is 28.5 Å². The van der Waals surface area contributed by atoms with Crippen LogP contribution in [0.3, 0.4) is 0 Å². The standard InChI is InChI=1S/C21H21F3N4O4/c22-12-3-1-2-11(6-12)16-9-28(27-26-16)19-20(30)17(32-18(10-29)21(19)31)8-25-13-4-5-14(23)15(24)7-13/h1-7,9,17-21,25,29-31H,8,10H2/t17-,18?,19+,20?,21-/m0/s1. The maximum Gasteiger partial charge on any atom is 0.160 e. The van der Waals surface area contributed by atoms with E-state index >= 15 is 0 Å². The Bertz CT molecular complexity index is 1080. The maximum atomic E-state index is 13.5. The van der Waals surface area contributed by atoms with Crippen molar-refractivity contribution in [2.75, 3.05) is 18.5 Å². The van der Waals surface area contributed by atoms with Crippen LogP contribution in [0, 0.1) is 17.5 Å². The van der Waals surface area contributed by atoms with Crippen molar-refractivity contribution >= 4 is 5.69 Å². The van der Waals surface area contributed by atoms with Crippen molar-refractivity contribution < 1.29 is 33.2 Å². The van der Waals surface area contributed by atoms with E-state index in [-0.39, 0.29) is 12.2 Å². The topological polar surface area (TPSA) is 113 Å². The normalized spacial score (nSPS) is 25.6. The molecule has 0 bridgehead atoms. The zero-order valence-corrected chi connectivity index (χ0v) is 16.6. The van der Waals surface area contributed by atoms with Crippen molar-refractivity contribution in [1.82, 2.24) is 15.0 Å². The summed E-state index contributed by atoms with van der Waals surface area (Å²) in [5, 5.41) is 41.9. The molecule has 170 valence electrons. The molecule has 8 nitrogen and oxygen atoms in total. The van der Waals surface area contributed by atoms with Gasteiger partial charge in [-0.1, -0.05) is 17.3 Å². The summed E-state index contributed by atoms with van der Waals surface area (Å²) in [4.78, 5) is 0. The fraction of sp³-hybridized carbons (Fsp3) is 0.333. The molecule has 0 spiro atoms. The van der Waals surface area contributed by atoms with E-state index in [1.165, 1.54) is 35.1 Å². The third-order valence-corrected chi connectivity index (χ3v) is 5.35. The Labute approximate surface area is 180 Å². The third kappa shape index (κ3) is 4.46. The summed E-state index contributed by atoms with van der Waals surface area (Å²) in [5.74, 6) is -2.48. The van der Waals surface area contributed by atoms with E-state index in [2.05, 4.69) is 15.6 Å². The van der Waals surface area contributed by atoms with Crippen LogP contribution in [-0.2, 0) is 4.74 Å². The summed E-state index contributed by atoms with van der Waals surface area (Å²) in [6.07, 6.45) is -3.15. The number of nitrogens with zero attached hydrogens (tertiary/aromatic N) is 3. The second-order valence-electron chi connectivity index (χ2n) is 7.47. The van der Waals surface area contributed by atoms with Gasteiger partial charge >= 0.3 is 0 Å². The summed E-state index contributed by atoms with van der Waals surface area (Å²) >= 11 is 0. The molecule has 0 aliphatic carbocycles. The van der Waals surface area contributed by atoms with Crippen LogP contribution in [0.15, 0.2) is 48.7 Å². The number of hydrogen-bond donors (Lipinski definition) is 4. The molecule has 1 saturated heterocycles. The Morgan fingerprint density at radius 3 is 2.50 bits per heavy atom. The largest absolute Gasteiger partial charge is 0.394 e. The first kappa shape index (κ1) is 22.2. The smallest absolute Gasteiger partial charge is 0.160 e. The van der Waals surface area contributed by atoms with Crippen molar-refractivity contribution in [3.63, 3.8) is 0 Å². The fourth-order valence-electron chi connectivity index (χ4n) is 3.69. The zero-order valence-electron chi connectivity index (χ0n) is 16.6. The molecule has 1 aromatic heterocycles. The van der Waals surface area contributed by atoms with Gasteiger partial charge in [-0.2, -0.15) is 0 Å². The van der Waals surface area contributed by atoms with Crippen LogP contribution in [0.2, 0.25) is 0 Å². The summed E-state index contributed by atoms with van der Waals surface area (Å²) in [5.41, 5.74) is 1.05. The highest BCUT2D eigenvalue weighted by Gasteiger charge is 2.45. The van der Waals surface area contributed by atoms with Crippen LogP contribution >= 0.6 is 0 Å². The number of aliphatic hydroxyl groups excluding tert-OH is 3. The van der Waals surface area contributed by atoms with Crippen molar-refractivity contribution in [2.45, 2.75) is 30.5 Å². The number of aromatic nitrogens is 3. The number of benzene rings is 2. The van der Waals surface area contributed by atoms with Crippen LogP contribution in [0.5, 0.6) is 0 Å². The highest BCUT2D eigenvalue weighted by atomic mass is 19.2. The molecule has 1 fully saturated rings. The second kappa shape index (κ2) is 9.25. The van der Waals surface area contributed by atoms with Crippen LogP contribution in [0.25, 0.3) is 11.3 Å². The van der Waals surface area contributed by atoms with E-state index in [0.29, 0.717) is 11.3 Å². The highest BCUT2D eigenvalue weighted by molar-refractivity contribution is 5.57. The zero-order chi connectivity index (χ0) is 22.8. The predicted octanol–water partition coefficient (Wildman–Crippen LogP) is 1.50. The summed E-state index contributed by atoms with van der Waals surface area (Å²) in [7, 11) is 0. The van der Waals surface area contributed by atoms with E-state index in [0.717, 1.165) is 12.1 Å². The van der Waals surface area contributed by atoms with Gasteiger partial charge in [0.25, 0.3) is 0 Å². The van der Waals surface area contributed by atoms with Crippen molar-refractivity contribution in [2.24, 2.45) is 0 Å². The van der Waals surface area contributed by atoms with Gasteiger partial charge in [-0.25, -0.2) is 17.9 Å². The molecule has 32 heavy (non-hydrogen) atoms. The van der Waals surface area contributed by atoms with Gasteiger partial charge in [0.1, 0.15) is 42.0 Å². The quantitative estimate of drug-likeness (QED) is 0.450. The fourth-order valence-corrected chi connectivity index (χ4v) is 3.69. The number of aliphatic hydroxyl groups is 3. The van der Waals surface area contributed by atoms with Crippen molar-refractivity contribution in [1.29, 1.82) is 0 Å². The molecule has 4 rings (SSSR count). The number of nitrogens with one attached hydrogen (secondary N) is 1. The van der Waals surface area contributed by atoms with E-state index < -0.39 is 54.5 Å². The first-order chi connectivity index (χ1) is 15.4. The Balaban J connectivity index is 1.55. The van der Waals surface area contributed by atoms with Gasteiger partial charge in [-0.15, -0.1) is 5.10 Å². The van der Waals surface area contributed by atoms with Crippen molar-refractivity contribution in [3.05, 3.63) is 66.1 Å². The van der Waals surface area contributed by atoms with Gasteiger partial charge in [0.15, 0.2) is 11.6 Å². The average molecular weight is 450 g/mol. The summed E-state index contributed by atoms with van der Waals surface area (Å²) < 4.78 is 46.9. The Hall–Kier alpha value is -2.99. The molecule has 1 aliphatic heterocycles. The number of hydrogen-bond acceptors (Lipinski definition) is 7. The molecule has 1 aliphatic rings. The van der Waals surface area contributed by atoms with E-state index in [1.54, 1.807) is 6.07 Å². The molecule has 0 saturated carbocycles. The lowest BCUT2D eigenvalue weighted by molar-refractivity contribution is -0.201. The first-order valence-corrected chi connectivity index (χ1v) is 9.86. The predicted molar refractivity (Wildman–Crippen MR) is 107 cm³/mol. The maximum absolute atomic E-state index is 13.5. The monoisotopic (exact) mass is 450 g/mol. The molecule has 0 radical (unpaired) electrons. The van der Waals surface area contributed by atoms with Gasteiger partial charge in [0.2, 0.25) is 0 Å². The molecule has 11 heteroatoms. The Morgan fingerprint density at radius 2 is 1.78 bits per heavy atom. The molecular formula is C21H21F3N4O4. The number of ether oxygens (including phenoxy) is 1. The first-order valence-electron chi connectivity index (χ1n) is 9.86. The molecule has 2 heterocycles. The van der Waals surface area contributed by atoms with Crippen LogP contribution in [0.4, 0.5) is 18.9 Å². The minimum absolute atomic E-state index is 0.0303. The lowest BCUT2D eigenvalue weighted by atomic mass is 9.92. The van der Waals surface area contributed by atoms with E-state index in [4.69, 9.17) is 4.74 Å². The van der Waals surface area contributed by atoms with Gasteiger partial charge in [0.05, 0.1) is 12.8 Å². The number of rotatable bonds is 6. The summed E-state index contributed by atoms with van der Waals surface area (Å²) in [6.45, 7) is -0.561. The average Bonchev–Trinajstić information content (AvgIpc) is 3.25. The number of anilines is 1. The Kier molecular flexibility index (Phi) is 6.42.